The lowest BCUT2D eigenvalue weighted by Crippen LogP contribution is -2.15. The number of hydrogen-bond donors (Lipinski definition) is 0. The smallest absolute Gasteiger partial charge is 0.177 e. The number of ketones is 2. The fourth-order valence-electron chi connectivity index (χ4n) is 2.93. The highest BCUT2D eigenvalue weighted by molar-refractivity contribution is 5.99. The van der Waals surface area contributed by atoms with Gasteiger partial charge < -0.3 is 0 Å². The van der Waals surface area contributed by atoms with Gasteiger partial charge in [-0.2, -0.15) is 10.5 Å². The molecule has 2 aromatic carbocycles. The summed E-state index contributed by atoms with van der Waals surface area (Å²) in [5.41, 5.74) is 3.21. The maximum Gasteiger partial charge on any atom is 0.177 e. The van der Waals surface area contributed by atoms with Crippen LogP contribution in [0.5, 0.6) is 0 Å². The minimum absolute atomic E-state index is 0.118. The number of nitrogens with zero attached hydrogens (tertiary/aromatic N) is 4. The van der Waals surface area contributed by atoms with E-state index in [1.54, 1.807) is 24.3 Å². The highest BCUT2D eigenvalue weighted by atomic mass is 16.1. The van der Waals surface area contributed by atoms with Gasteiger partial charge in [0.15, 0.2) is 23.0 Å². The second-order valence-corrected chi connectivity index (χ2v) is 6.97. The van der Waals surface area contributed by atoms with Gasteiger partial charge in [0.2, 0.25) is 0 Å². The topological polar surface area (TPSA) is 108 Å². The molecule has 0 unspecified atom stereocenters. The number of carbonyl (C=O) groups is 2. The van der Waals surface area contributed by atoms with Crippen LogP contribution in [0.2, 0.25) is 0 Å². The fourth-order valence-corrected chi connectivity index (χ4v) is 2.93. The summed E-state index contributed by atoms with van der Waals surface area (Å²) in [4.78, 5) is 33.8. The van der Waals surface area contributed by atoms with E-state index in [-0.39, 0.29) is 47.2 Å². The summed E-state index contributed by atoms with van der Waals surface area (Å²) in [5, 5.41) is 18.6. The van der Waals surface area contributed by atoms with Crippen molar-refractivity contribution in [3.63, 3.8) is 0 Å². The summed E-state index contributed by atoms with van der Waals surface area (Å²) in [6, 6.07) is 17.9. The molecule has 0 aliphatic heterocycles. The standard InChI is InChI=1S/C24H18N4O2/c1-15-3-7-17(8-4-15)23(29)11-19-20(28-22(14-26)21(13-25)27-19)12-24(30)18-9-5-16(2)6-10-18/h3-10H,11-12H2,1-2H3. The van der Waals surface area contributed by atoms with Crippen molar-refractivity contribution in [1.82, 2.24) is 9.97 Å². The van der Waals surface area contributed by atoms with Crippen LogP contribution in [0.15, 0.2) is 48.5 Å². The molecule has 146 valence electrons. The van der Waals surface area contributed by atoms with E-state index in [9.17, 15) is 20.1 Å². The maximum atomic E-state index is 12.7. The molecule has 0 saturated heterocycles. The normalized spacial score (nSPS) is 10.1. The molecule has 30 heavy (non-hydrogen) atoms. The molecule has 0 bridgehead atoms. The first kappa shape index (κ1) is 20.6. The second-order valence-electron chi connectivity index (χ2n) is 6.97. The lowest BCUT2D eigenvalue weighted by molar-refractivity contribution is 0.0976. The van der Waals surface area contributed by atoms with Crippen LogP contribution in [-0.2, 0) is 12.8 Å². The molecule has 3 rings (SSSR count). The van der Waals surface area contributed by atoms with E-state index in [1.165, 1.54) is 0 Å². The first-order valence-corrected chi connectivity index (χ1v) is 9.31. The van der Waals surface area contributed by atoms with Crippen LogP contribution in [0, 0.1) is 36.5 Å². The number of benzene rings is 2. The van der Waals surface area contributed by atoms with Gasteiger partial charge in [-0.05, 0) is 13.8 Å². The molecule has 1 aromatic heterocycles. The van der Waals surface area contributed by atoms with Crippen molar-refractivity contribution in [1.29, 1.82) is 10.5 Å². The van der Waals surface area contributed by atoms with Crippen LogP contribution >= 0.6 is 0 Å². The number of rotatable bonds is 6. The van der Waals surface area contributed by atoms with Crippen LogP contribution in [0.4, 0.5) is 0 Å². The summed E-state index contributed by atoms with van der Waals surface area (Å²) in [7, 11) is 0. The minimum atomic E-state index is -0.207. The highest BCUT2D eigenvalue weighted by Crippen LogP contribution is 2.16. The van der Waals surface area contributed by atoms with Crippen molar-refractivity contribution in [3.05, 3.63) is 93.6 Å². The van der Waals surface area contributed by atoms with Crippen molar-refractivity contribution in [3.8, 4) is 12.1 Å². The molecule has 0 spiro atoms. The zero-order valence-electron chi connectivity index (χ0n) is 16.6. The number of hydrogen-bond acceptors (Lipinski definition) is 6. The molecule has 1 heterocycles. The van der Waals surface area contributed by atoms with Gasteiger partial charge in [-0.3, -0.25) is 9.59 Å². The second kappa shape index (κ2) is 8.89. The van der Waals surface area contributed by atoms with Crippen LogP contribution in [0.1, 0.15) is 54.6 Å². The number of nitriles is 2. The lowest BCUT2D eigenvalue weighted by Gasteiger charge is -2.09. The zero-order valence-corrected chi connectivity index (χ0v) is 16.6. The molecule has 0 N–H and O–H groups in total. The summed E-state index contributed by atoms with van der Waals surface area (Å²) < 4.78 is 0. The van der Waals surface area contributed by atoms with Crippen molar-refractivity contribution in [2.45, 2.75) is 26.7 Å². The largest absolute Gasteiger partial charge is 0.294 e. The van der Waals surface area contributed by atoms with E-state index in [4.69, 9.17) is 0 Å². The lowest BCUT2D eigenvalue weighted by atomic mass is 10.00. The average molecular weight is 394 g/mol. The Balaban J connectivity index is 1.96. The van der Waals surface area contributed by atoms with Crippen LogP contribution in [-0.4, -0.2) is 21.5 Å². The Labute approximate surface area is 174 Å². The van der Waals surface area contributed by atoms with E-state index < -0.39 is 0 Å². The van der Waals surface area contributed by atoms with Gasteiger partial charge in [-0.1, -0.05) is 59.7 Å². The van der Waals surface area contributed by atoms with Crippen LogP contribution in [0.25, 0.3) is 0 Å². The van der Waals surface area contributed by atoms with E-state index in [2.05, 4.69) is 9.97 Å². The Hall–Kier alpha value is -4.16. The van der Waals surface area contributed by atoms with Gasteiger partial charge in [0, 0.05) is 11.1 Å². The minimum Gasteiger partial charge on any atom is -0.294 e. The predicted octanol–water partition coefficient (Wildman–Crippen LogP) is 3.69. The van der Waals surface area contributed by atoms with E-state index in [0.717, 1.165) is 11.1 Å². The molecule has 6 heteroatoms. The van der Waals surface area contributed by atoms with Gasteiger partial charge in [0.05, 0.1) is 24.2 Å². The molecule has 0 atom stereocenters. The van der Waals surface area contributed by atoms with Crippen molar-refractivity contribution in [2.24, 2.45) is 0 Å². The molecule has 0 saturated carbocycles. The van der Waals surface area contributed by atoms with Gasteiger partial charge in [0.25, 0.3) is 0 Å². The number of carbonyl (C=O) groups excluding carboxylic acids is 2. The molecule has 0 aliphatic carbocycles. The monoisotopic (exact) mass is 394 g/mol. The van der Waals surface area contributed by atoms with Crippen LogP contribution in [0.3, 0.4) is 0 Å². The molecular formula is C24H18N4O2. The van der Waals surface area contributed by atoms with E-state index in [0.29, 0.717) is 11.1 Å². The number of aromatic nitrogens is 2. The Morgan fingerprint density at radius 2 is 1.03 bits per heavy atom. The van der Waals surface area contributed by atoms with Crippen molar-refractivity contribution < 1.29 is 9.59 Å². The third-order valence-electron chi connectivity index (χ3n) is 4.67. The third-order valence-corrected chi connectivity index (χ3v) is 4.67. The Kier molecular flexibility index (Phi) is 6.10. The van der Waals surface area contributed by atoms with Gasteiger partial charge in [-0.25, -0.2) is 9.97 Å². The summed E-state index contributed by atoms with van der Waals surface area (Å²) in [5.74, 6) is -0.413. The Morgan fingerprint density at radius 3 is 1.33 bits per heavy atom. The zero-order chi connectivity index (χ0) is 21.7. The summed E-state index contributed by atoms with van der Waals surface area (Å²) in [6.07, 6.45) is -0.236. The number of Topliss-reactive ketones (excluding diaryl/α,β-unsaturated/α-hetero) is 2. The molecule has 0 fully saturated rings. The maximum absolute atomic E-state index is 12.7. The quantitative estimate of drug-likeness (QED) is 0.590. The Morgan fingerprint density at radius 1 is 0.700 bits per heavy atom. The summed E-state index contributed by atoms with van der Waals surface area (Å²) in [6.45, 7) is 3.85. The van der Waals surface area contributed by atoms with Crippen molar-refractivity contribution in [2.75, 3.05) is 0 Å². The van der Waals surface area contributed by atoms with E-state index >= 15 is 0 Å². The van der Waals surface area contributed by atoms with Crippen molar-refractivity contribution >= 4 is 11.6 Å². The first-order valence-electron chi connectivity index (χ1n) is 9.31. The molecular weight excluding hydrogens is 376 g/mol. The average Bonchev–Trinajstić information content (AvgIpc) is 2.75. The molecule has 6 nitrogen and oxygen atoms in total. The summed E-state index contributed by atoms with van der Waals surface area (Å²) >= 11 is 0. The Bertz CT molecular complexity index is 1100. The SMILES string of the molecule is Cc1ccc(C(=O)Cc2nc(C#N)c(C#N)nc2CC(=O)c2ccc(C)cc2)cc1. The van der Waals surface area contributed by atoms with Gasteiger partial charge in [-0.15, -0.1) is 0 Å². The molecule has 3 aromatic rings. The van der Waals surface area contributed by atoms with E-state index in [1.807, 2.05) is 50.3 Å². The molecule has 0 radical (unpaired) electrons. The predicted molar refractivity (Wildman–Crippen MR) is 110 cm³/mol. The third kappa shape index (κ3) is 4.63. The van der Waals surface area contributed by atoms with Gasteiger partial charge in [0.1, 0.15) is 12.1 Å². The fraction of sp³-hybridized carbons (Fsp3) is 0.167. The number of aryl methyl sites for hydroxylation is 2. The van der Waals surface area contributed by atoms with Gasteiger partial charge >= 0.3 is 0 Å². The molecule has 0 aliphatic rings. The highest BCUT2D eigenvalue weighted by Gasteiger charge is 2.20. The first-order chi connectivity index (χ1) is 14.4. The molecule has 0 amide bonds. The van der Waals surface area contributed by atoms with Crippen LogP contribution < -0.4 is 0 Å².